The van der Waals surface area contributed by atoms with Crippen LogP contribution in [0, 0.1) is 10.7 Å². The molecule has 0 amide bonds. The summed E-state index contributed by atoms with van der Waals surface area (Å²) in [7, 11) is -5.85. The first-order valence-electron chi connectivity index (χ1n) is 5.55. The topological polar surface area (TPSA) is 60.4 Å². The standard InChI is InChI=1S/C12H4F3I3O4S/c13-12(14,15)23(20,21)22-10-2-6-7(1-5(10)4-19)11(18)9(17)3-8(6)16/h1-4H. The zero-order valence-corrected chi connectivity index (χ0v) is 17.9. The Hall–Kier alpha value is 0.1000. The van der Waals surface area contributed by atoms with Gasteiger partial charge in [-0.2, -0.15) is 21.6 Å². The Bertz CT molecular complexity index is 910. The third kappa shape index (κ3) is 3.86. The summed E-state index contributed by atoms with van der Waals surface area (Å²) in [6.45, 7) is 0. The van der Waals surface area contributed by atoms with Gasteiger partial charge in [-0.3, -0.25) is 4.79 Å². The summed E-state index contributed by atoms with van der Waals surface area (Å²) >= 11 is 6.10. The summed E-state index contributed by atoms with van der Waals surface area (Å²) in [5, 5.41) is 1.12. The lowest BCUT2D eigenvalue weighted by Crippen LogP contribution is -2.28. The molecule has 0 unspecified atom stereocenters. The molecule has 0 aliphatic heterocycles. The summed E-state index contributed by atoms with van der Waals surface area (Å²) in [5.74, 6) is -0.653. The summed E-state index contributed by atoms with van der Waals surface area (Å²) in [4.78, 5) is 11.1. The van der Waals surface area contributed by atoms with E-state index in [-0.39, 0.29) is 11.8 Å². The van der Waals surface area contributed by atoms with Gasteiger partial charge in [-0.15, -0.1) is 0 Å². The maximum atomic E-state index is 12.5. The summed E-state index contributed by atoms with van der Waals surface area (Å²) in [5.41, 5.74) is -5.85. The Morgan fingerprint density at radius 3 is 2.13 bits per heavy atom. The second-order valence-electron chi connectivity index (χ2n) is 4.19. The number of aldehydes is 1. The lowest BCUT2D eigenvalue weighted by Gasteiger charge is -2.13. The van der Waals surface area contributed by atoms with Crippen LogP contribution in [0.15, 0.2) is 18.2 Å². The van der Waals surface area contributed by atoms with Crippen LogP contribution in [0.1, 0.15) is 10.4 Å². The maximum Gasteiger partial charge on any atom is 0.534 e. The van der Waals surface area contributed by atoms with Gasteiger partial charge in [0, 0.05) is 10.7 Å². The average Bonchev–Trinajstić information content (AvgIpc) is 2.43. The number of halogens is 6. The number of hydrogen-bond acceptors (Lipinski definition) is 4. The van der Waals surface area contributed by atoms with Gasteiger partial charge in [0.2, 0.25) is 0 Å². The van der Waals surface area contributed by atoms with E-state index in [0.717, 1.165) is 13.2 Å². The molecule has 0 heterocycles. The molecule has 124 valence electrons. The van der Waals surface area contributed by atoms with E-state index in [2.05, 4.69) is 26.8 Å². The smallest absolute Gasteiger partial charge is 0.375 e. The molecule has 0 saturated carbocycles. The lowest BCUT2D eigenvalue weighted by atomic mass is 10.1. The highest BCUT2D eigenvalue weighted by Gasteiger charge is 2.48. The van der Waals surface area contributed by atoms with Crippen molar-refractivity contribution in [2.75, 3.05) is 0 Å². The molecule has 0 N–H and O–H groups in total. The van der Waals surface area contributed by atoms with Crippen LogP contribution < -0.4 is 4.18 Å². The molecule has 0 fully saturated rings. The van der Waals surface area contributed by atoms with Crippen LogP contribution in [-0.2, 0) is 10.1 Å². The Labute approximate surface area is 169 Å². The first-order valence-corrected chi connectivity index (χ1v) is 10.2. The van der Waals surface area contributed by atoms with Gasteiger partial charge in [-0.25, -0.2) is 0 Å². The van der Waals surface area contributed by atoms with Crippen molar-refractivity contribution >= 4 is 94.9 Å². The van der Waals surface area contributed by atoms with E-state index in [1.54, 1.807) is 6.07 Å². The van der Waals surface area contributed by atoms with Gasteiger partial charge < -0.3 is 4.18 Å². The molecule has 0 bridgehead atoms. The van der Waals surface area contributed by atoms with Crippen molar-refractivity contribution in [2.24, 2.45) is 0 Å². The van der Waals surface area contributed by atoms with E-state index in [1.807, 2.05) is 45.2 Å². The summed E-state index contributed by atoms with van der Waals surface area (Å²) in [6, 6.07) is 4.23. The third-order valence-corrected chi connectivity index (χ3v) is 7.62. The van der Waals surface area contributed by atoms with Gasteiger partial charge in [0.25, 0.3) is 0 Å². The van der Waals surface area contributed by atoms with Crippen molar-refractivity contribution in [1.29, 1.82) is 0 Å². The SMILES string of the molecule is O=Cc1cc2c(I)c(I)cc(I)c2cc1OS(=O)(=O)C(F)(F)F. The highest BCUT2D eigenvalue weighted by molar-refractivity contribution is 14.1. The van der Waals surface area contributed by atoms with Gasteiger partial charge >= 0.3 is 15.6 Å². The van der Waals surface area contributed by atoms with Crippen molar-refractivity contribution in [3.63, 3.8) is 0 Å². The highest BCUT2D eigenvalue weighted by Crippen LogP contribution is 2.36. The quantitative estimate of drug-likeness (QED) is 0.155. The van der Waals surface area contributed by atoms with Crippen molar-refractivity contribution < 1.29 is 30.6 Å². The van der Waals surface area contributed by atoms with Crippen molar-refractivity contribution in [2.45, 2.75) is 5.51 Å². The Morgan fingerprint density at radius 1 is 1.00 bits per heavy atom. The minimum atomic E-state index is -5.85. The number of carbonyl (C=O) groups is 1. The lowest BCUT2D eigenvalue weighted by molar-refractivity contribution is -0.0500. The number of hydrogen-bond donors (Lipinski definition) is 0. The van der Waals surface area contributed by atoms with Gasteiger partial charge in [-0.1, -0.05) is 0 Å². The molecule has 0 saturated heterocycles. The van der Waals surface area contributed by atoms with Crippen LogP contribution in [0.4, 0.5) is 13.2 Å². The number of fused-ring (bicyclic) bond motifs is 1. The molecule has 2 rings (SSSR count). The Morgan fingerprint density at radius 2 is 1.61 bits per heavy atom. The number of carbonyl (C=O) groups excluding carboxylic acids is 1. The largest absolute Gasteiger partial charge is 0.534 e. The minimum Gasteiger partial charge on any atom is -0.375 e. The molecule has 11 heteroatoms. The predicted octanol–water partition coefficient (Wildman–Crippen LogP) is 4.69. The maximum absolute atomic E-state index is 12.5. The highest BCUT2D eigenvalue weighted by atomic mass is 127. The first kappa shape index (κ1) is 19.4. The molecule has 2 aromatic carbocycles. The molecule has 0 aliphatic carbocycles. The second-order valence-corrected chi connectivity index (χ2v) is 9.13. The average molecular weight is 682 g/mol. The molecule has 23 heavy (non-hydrogen) atoms. The second kappa shape index (κ2) is 6.78. The Kier molecular flexibility index (Phi) is 5.72. The van der Waals surface area contributed by atoms with E-state index in [9.17, 15) is 26.4 Å². The number of benzene rings is 2. The number of alkyl halides is 3. The molecule has 4 nitrogen and oxygen atoms in total. The van der Waals surface area contributed by atoms with E-state index < -0.39 is 21.4 Å². The zero-order chi connectivity index (χ0) is 17.6. The minimum absolute atomic E-state index is 0.253. The molecule has 0 aromatic heterocycles. The van der Waals surface area contributed by atoms with Crippen molar-refractivity contribution in [3.05, 3.63) is 34.5 Å². The van der Waals surface area contributed by atoms with Crippen LogP contribution in [0.5, 0.6) is 5.75 Å². The molecule has 0 atom stereocenters. The first-order chi connectivity index (χ1) is 10.5. The monoisotopic (exact) mass is 682 g/mol. The van der Waals surface area contributed by atoms with E-state index in [0.29, 0.717) is 14.3 Å². The van der Waals surface area contributed by atoms with Crippen LogP contribution in [0.2, 0.25) is 0 Å². The fourth-order valence-corrected chi connectivity index (χ4v) is 4.72. The normalized spacial score (nSPS) is 12.4. The molecule has 0 radical (unpaired) electrons. The summed E-state index contributed by atoms with van der Waals surface area (Å²) in [6.07, 6.45) is 0.253. The third-order valence-electron chi connectivity index (χ3n) is 2.72. The molecule has 0 aliphatic rings. The molecule has 2 aromatic rings. The van der Waals surface area contributed by atoms with Crippen molar-refractivity contribution in [3.8, 4) is 5.75 Å². The van der Waals surface area contributed by atoms with Gasteiger partial charge in [0.15, 0.2) is 12.0 Å². The van der Waals surface area contributed by atoms with Crippen LogP contribution >= 0.6 is 67.8 Å². The zero-order valence-electron chi connectivity index (χ0n) is 10.6. The van der Waals surface area contributed by atoms with Gasteiger partial charge in [0.1, 0.15) is 0 Å². The molecule has 0 spiro atoms. The summed E-state index contributed by atoms with van der Waals surface area (Å²) < 4.78 is 66.2. The van der Waals surface area contributed by atoms with Crippen molar-refractivity contribution in [1.82, 2.24) is 0 Å². The fourth-order valence-electron chi connectivity index (χ4n) is 1.69. The van der Waals surface area contributed by atoms with Crippen LogP contribution in [-0.4, -0.2) is 20.2 Å². The van der Waals surface area contributed by atoms with E-state index in [4.69, 9.17) is 0 Å². The van der Waals surface area contributed by atoms with Gasteiger partial charge in [0.05, 0.1) is 5.56 Å². The predicted molar refractivity (Wildman–Crippen MR) is 103 cm³/mol. The molecular weight excluding hydrogens is 678 g/mol. The Balaban J connectivity index is 2.73. The van der Waals surface area contributed by atoms with Crippen LogP contribution in [0.25, 0.3) is 10.8 Å². The van der Waals surface area contributed by atoms with E-state index in [1.165, 1.54) is 6.07 Å². The molecular formula is C12H4F3I3O4S. The number of rotatable bonds is 3. The van der Waals surface area contributed by atoms with Gasteiger partial charge in [-0.05, 0) is 96.7 Å². The van der Waals surface area contributed by atoms with E-state index >= 15 is 0 Å². The fraction of sp³-hybridized carbons (Fsp3) is 0.0833. The van der Waals surface area contributed by atoms with Crippen LogP contribution in [0.3, 0.4) is 0 Å².